The summed E-state index contributed by atoms with van der Waals surface area (Å²) < 4.78 is 10.4. The van der Waals surface area contributed by atoms with Gasteiger partial charge in [-0.1, -0.05) is 25.0 Å². The highest BCUT2D eigenvalue weighted by Crippen LogP contribution is 2.45. The lowest BCUT2D eigenvalue weighted by Crippen LogP contribution is -2.54. The Bertz CT molecular complexity index is 720. The molecule has 5 atom stereocenters. The summed E-state index contributed by atoms with van der Waals surface area (Å²) in [7, 11) is 1.42. The van der Waals surface area contributed by atoms with E-state index in [0.717, 1.165) is 25.7 Å². The summed E-state index contributed by atoms with van der Waals surface area (Å²) in [6.45, 7) is 9.31. The van der Waals surface area contributed by atoms with E-state index in [-0.39, 0.29) is 38.1 Å². The van der Waals surface area contributed by atoms with E-state index < -0.39 is 35.4 Å². The van der Waals surface area contributed by atoms with Crippen molar-refractivity contribution in [2.75, 3.05) is 19.9 Å². The molecule has 2 rings (SSSR count). The molecule has 0 spiro atoms. The van der Waals surface area contributed by atoms with Gasteiger partial charge in [0.25, 0.3) is 0 Å². The summed E-state index contributed by atoms with van der Waals surface area (Å²) >= 11 is 0. The van der Waals surface area contributed by atoms with Gasteiger partial charge in [0.15, 0.2) is 0 Å². The zero-order valence-electron chi connectivity index (χ0n) is 19.5. The molecular weight excluding hydrogens is 425 g/mol. The van der Waals surface area contributed by atoms with E-state index in [9.17, 15) is 19.5 Å². The number of carbonyl (C=O) groups is 3. The second-order valence-electron chi connectivity index (χ2n) is 8.63. The van der Waals surface area contributed by atoms with Gasteiger partial charge in [-0.05, 0) is 32.6 Å². The lowest BCUT2D eigenvalue weighted by atomic mass is 9.75. The summed E-state index contributed by atoms with van der Waals surface area (Å²) in [5.74, 6) is -2.11. The van der Waals surface area contributed by atoms with E-state index in [2.05, 4.69) is 18.5 Å². The minimum absolute atomic E-state index is 0.0393. The van der Waals surface area contributed by atoms with Crippen LogP contribution in [0.4, 0.5) is 0 Å². The first-order valence-electron chi connectivity index (χ1n) is 11.7. The molecular formula is C23H37BN3O6. The zero-order chi connectivity index (χ0) is 24.4. The average Bonchev–Trinajstić information content (AvgIpc) is 3.37. The number of rotatable bonds is 15. The average molecular weight is 462 g/mol. The van der Waals surface area contributed by atoms with Gasteiger partial charge in [-0.25, -0.2) is 4.79 Å². The molecule has 2 amide bonds. The van der Waals surface area contributed by atoms with E-state index in [1.807, 2.05) is 6.08 Å². The van der Waals surface area contributed by atoms with Crippen LogP contribution in [0.25, 0.3) is 0 Å². The lowest BCUT2D eigenvalue weighted by Gasteiger charge is -2.29. The van der Waals surface area contributed by atoms with Gasteiger partial charge < -0.3 is 30.4 Å². The van der Waals surface area contributed by atoms with E-state index in [4.69, 9.17) is 15.1 Å². The number of aliphatic hydroxyl groups excluding tert-OH is 1. The SMILES string of the molecule is C=CCCCCC[C@H]([B]OCN)C(=O)N1C[C@H](O)C[C@H]1C(=O)N[C@]1(C(=O)OCC)C[C@H]1C=C. The van der Waals surface area contributed by atoms with Crippen LogP contribution in [0.3, 0.4) is 0 Å². The monoisotopic (exact) mass is 462 g/mol. The summed E-state index contributed by atoms with van der Waals surface area (Å²) in [6, 6.07) is -0.889. The van der Waals surface area contributed by atoms with Crippen LogP contribution < -0.4 is 11.1 Å². The number of nitrogens with zero attached hydrogens (tertiary/aromatic N) is 1. The first-order chi connectivity index (χ1) is 15.8. The van der Waals surface area contributed by atoms with Gasteiger partial charge in [-0.3, -0.25) is 9.59 Å². The number of allylic oxidation sites excluding steroid dienone is 1. The molecule has 0 aromatic heterocycles. The Balaban J connectivity index is 2.09. The molecule has 0 aromatic carbocycles. The highest BCUT2D eigenvalue weighted by atomic mass is 16.5. The van der Waals surface area contributed by atoms with Crippen LogP contribution in [0.5, 0.6) is 0 Å². The van der Waals surface area contributed by atoms with Gasteiger partial charge in [0.2, 0.25) is 11.8 Å². The third-order valence-electron chi connectivity index (χ3n) is 6.25. The molecule has 1 radical (unpaired) electrons. The van der Waals surface area contributed by atoms with Crippen molar-refractivity contribution in [2.24, 2.45) is 11.7 Å². The fraction of sp³-hybridized carbons (Fsp3) is 0.696. The summed E-state index contributed by atoms with van der Waals surface area (Å²) in [5.41, 5.74) is 4.28. The van der Waals surface area contributed by atoms with E-state index in [1.54, 1.807) is 13.0 Å². The number of hydrogen-bond donors (Lipinski definition) is 3. The summed E-state index contributed by atoms with van der Waals surface area (Å²) in [5, 5.41) is 13.0. The number of ether oxygens (including phenoxy) is 1. The molecule has 0 aromatic rings. The molecule has 2 fully saturated rings. The van der Waals surface area contributed by atoms with Crippen molar-refractivity contribution in [3.63, 3.8) is 0 Å². The second-order valence-corrected chi connectivity index (χ2v) is 8.63. The Kier molecular flexibility index (Phi) is 10.6. The van der Waals surface area contributed by atoms with Crippen LogP contribution in [0.2, 0.25) is 5.82 Å². The number of esters is 1. The number of aliphatic hydroxyl groups is 1. The number of carbonyl (C=O) groups excluding carboxylic acids is 3. The van der Waals surface area contributed by atoms with Crippen molar-refractivity contribution < 1.29 is 28.9 Å². The molecule has 1 aliphatic heterocycles. The summed E-state index contributed by atoms with van der Waals surface area (Å²) in [4.78, 5) is 40.4. The third kappa shape index (κ3) is 6.91. The predicted molar refractivity (Wildman–Crippen MR) is 125 cm³/mol. The fourth-order valence-corrected chi connectivity index (χ4v) is 4.34. The van der Waals surface area contributed by atoms with Crippen molar-refractivity contribution in [3.8, 4) is 0 Å². The third-order valence-corrected chi connectivity index (χ3v) is 6.25. The van der Waals surface area contributed by atoms with E-state index >= 15 is 0 Å². The van der Waals surface area contributed by atoms with Crippen molar-refractivity contribution in [2.45, 2.75) is 75.4 Å². The molecule has 9 nitrogen and oxygen atoms in total. The van der Waals surface area contributed by atoms with Crippen LogP contribution in [-0.4, -0.2) is 72.8 Å². The second kappa shape index (κ2) is 12.9. The minimum atomic E-state index is -1.16. The Morgan fingerprint density at radius 2 is 2.09 bits per heavy atom. The Morgan fingerprint density at radius 1 is 1.33 bits per heavy atom. The number of hydrogen-bond acceptors (Lipinski definition) is 7. The highest BCUT2D eigenvalue weighted by Gasteiger charge is 2.62. The normalized spacial score (nSPS) is 26.9. The minimum Gasteiger partial charge on any atom is -0.464 e. The Labute approximate surface area is 197 Å². The van der Waals surface area contributed by atoms with Gasteiger partial charge in [-0.15, -0.1) is 13.2 Å². The summed E-state index contributed by atoms with van der Waals surface area (Å²) in [6.07, 6.45) is 7.31. The number of nitrogens with one attached hydrogen (secondary N) is 1. The molecule has 1 heterocycles. The van der Waals surface area contributed by atoms with Gasteiger partial charge in [0, 0.05) is 24.7 Å². The smallest absolute Gasteiger partial charge is 0.332 e. The van der Waals surface area contributed by atoms with Crippen molar-refractivity contribution in [3.05, 3.63) is 25.3 Å². The van der Waals surface area contributed by atoms with Crippen LogP contribution in [0.15, 0.2) is 25.3 Å². The lowest BCUT2D eigenvalue weighted by molar-refractivity contribution is -0.150. The van der Waals surface area contributed by atoms with Gasteiger partial charge in [-0.2, -0.15) is 0 Å². The van der Waals surface area contributed by atoms with E-state index in [0.29, 0.717) is 12.8 Å². The molecule has 10 heteroatoms. The number of amides is 2. The highest BCUT2D eigenvalue weighted by molar-refractivity contribution is 6.37. The quantitative estimate of drug-likeness (QED) is 0.109. The first-order valence-corrected chi connectivity index (χ1v) is 11.7. The van der Waals surface area contributed by atoms with Crippen LogP contribution >= 0.6 is 0 Å². The molecule has 183 valence electrons. The van der Waals surface area contributed by atoms with Gasteiger partial charge in [0.05, 0.1) is 19.4 Å². The number of nitrogens with two attached hydrogens (primary N) is 1. The molecule has 1 aliphatic carbocycles. The van der Waals surface area contributed by atoms with Gasteiger partial charge in [0.1, 0.15) is 11.6 Å². The predicted octanol–water partition coefficient (Wildman–Crippen LogP) is 1.05. The largest absolute Gasteiger partial charge is 0.464 e. The van der Waals surface area contributed by atoms with Crippen LogP contribution in [0, 0.1) is 5.92 Å². The Morgan fingerprint density at radius 3 is 2.70 bits per heavy atom. The standard InChI is InChI=1S/C23H37BN3O6/c1-4-7-8-9-10-11-18(24-33-15-25)21(30)27-14-17(28)12-19(27)20(29)26-23(13-16(23)5-2)22(31)32-6-3/h4-5,16-19,28H,1-2,6-15,25H2,3H3,(H,26,29)/t16-,17-,18+,19+,23-/m1/s1. The number of likely N-dealkylation sites (tertiary alicyclic amines) is 1. The molecule has 0 bridgehead atoms. The molecule has 4 N–H and O–H groups in total. The fourth-order valence-electron chi connectivity index (χ4n) is 4.34. The van der Waals surface area contributed by atoms with Crippen molar-refractivity contribution >= 4 is 25.3 Å². The number of unbranched alkanes of at least 4 members (excludes halogenated alkanes) is 3. The molecule has 1 saturated heterocycles. The first kappa shape index (κ1) is 27.1. The maximum atomic E-state index is 13.3. The maximum absolute atomic E-state index is 13.3. The van der Waals surface area contributed by atoms with Crippen molar-refractivity contribution in [1.82, 2.24) is 10.2 Å². The Hall–Kier alpha value is -2.17. The maximum Gasteiger partial charge on any atom is 0.332 e. The molecule has 1 saturated carbocycles. The molecule has 0 unspecified atom stereocenters. The topological polar surface area (TPSA) is 131 Å². The number of β-amino-alcohol motifs (C(OH)–C–C–N with tert-alkyl or cyclic N) is 1. The van der Waals surface area contributed by atoms with Crippen LogP contribution in [-0.2, 0) is 23.8 Å². The van der Waals surface area contributed by atoms with Crippen molar-refractivity contribution in [1.29, 1.82) is 0 Å². The zero-order valence-corrected chi connectivity index (χ0v) is 19.5. The molecule has 2 aliphatic rings. The van der Waals surface area contributed by atoms with E-state index in [1.165, 1.54) is 12.4 Å². The van der Waals surface area contributed by atoms with Crippen LogP contribution in [0.1, 0.15) is 51.9 Å². The molecule has 33 heavy (non-hydrogen) atoms. The van der Waals surface area contributed by atoms with Gasteiger partial charge >= 0.3 is 13.5 Å².